The number of ketones is 1. The van der Waals surface area contributed by atoms with E-state index >= 15 is 4.39 Å². The first-order valence-electron chi connectivity index (χ1n) is 11.5. The van der Waals surface area contributed by atoms with Crippen LogP contribution in [0.3, 0.4) is 0 Å². The van der Waals surface area contributed by atoms with E-state index in [9.17, 15) is 9.59 Å². The van der Waals surface area contributed by atoms with Gasteiger partial charge in [-0.15, -0.1) is 0 Å². The zero-order valence-electron chi connectivity index (χ0n) is 18.9. The van der Waals surface area contributed by atoms with Crippen LogP contribution in [0.5, 0.6) is 5.88 Å². The van der Waals surface area contributed by atoms with Crippen molar-refractivity contribution in [1.82, 2.24) is 9.97 Å². The van der Waals surface area contributed by atoms with Gasteiger partial charge in [-0.3, -0.25) is 4.79 Å². The molecule has 8 nitrogen and oxygen atoms in total. The fourth-order valence-electron chi connectivity index (χ4n) is 5.51. The molecule has 1 N–H and O–H groups in total. The minimum absolute atomic E-state index is 0.0929. The van der Waals surface area contributed by atoms with E-state index in [0.29, 0.717) is 73.5 Å². The summed E-state index contributed by atoms with van der Waals surface area (Å²) in [5.41, 5.74) is 2.69. The summed E-state index contributed by atoms with van der Waals surface area (Å²) in [7, 11) is 1.29. The third kappa shape index (κ3) is 3.29. The maximum atomic E-state index is 15.3. The van der Waals surface area contributed by atoms with E-state index < -0.39 is 11.8 Å². The van der Waals surface area contributed by atoms with Crippen LogP contribution in [-0.4, -0.2) is 55.1 Å². The van der Waals surface area contributed by atoms with Gasteiger partial charge in [-0.25, -0.2) is 9.18 Å². The molecule has 1 saturated carbocycles. The molecule has 0 unspecified atom stereocenters. The average Bonchev–Trinajstić information content (AvgIpc) is 3.29. The number of aromatic nitrogens is 2. The molecule has 3 aliphatic rings. The van der Waals surface area contributed by atoms with Gasteiger partial charge in [0.1, 0.15) is 29.5 Å². The highest BCUT2D eigenvalue weighted by Crippen LogP contribution is 2.48. The topological polar surface area (TPSA) is 87.8 Å². The molecule has 4 heterocycles. The normalized spacial score (nSPS) is 19.1. The second kappa shape index (κ2) is 7.72. The number of ether oxygens (including phenoxy) is 2. The van der Waals surface area contributed by atoms with E-state index in [1.165, 1.54) is 13.2 Å². The molecule has 1 aliphatic carbocycles. The molecule has 1 aromatic carbocycles. The van der Waals surface area contributed by atoms with Gasteiger partial charge in [0.05, 0.1) is 30.6 Å². The van der Waals surface area contributed by atoms with Crippen LogP contribution in [0.2, 0.25) is 0 Å². The van der Waals surface area contributed by atoms with Crippen LogP contribution in [0.15, 0.2) is 30.5 Å². The summed E-state index contributed by atoms with van der Waals surface area (Å²) in [5, 5.41) is 0.910. The minimum Gasteiger partial charge on any atom is -0.474 e. The Labute approximate surface area is 195 Å². The van der Waals surface area contributed by atoms with E-state index in [1.54, 1.807) is 6.07 Å². The van der Waals surface area contributed by atoms with Crippen molar-refractivity contribution in [2.45, 2.75) is 25.7 Å². The van der Waals surface area contributed by atoms with Crippen molar-refractivity contribution in [2.24, 2.45) is 5.41 Å². The van der Waals surface area contributed by atoms with Gasteiger partial charge in [0.25, 0.3) is 0 Å². The number of esters is 1. The van der Waals surface area contributed by atoms with Crippen molar-refractivity contribution in [3.8, 4) is 5.88 Å². The summed E-state index contributed by atoms with van der Waals surface area (Å²) in [6.07, 6.45) is 4.81. The summed E-state index contributed by atoms with van der Waals surface area (Å²) >= 11 is 0. The molecule has 6 rings (SSSR count). The maximum Gasteiger partial charge on any atom is 0.340 e. The smallest absolute Gasteiger partial charge is 0.340 e. The highest BCUT2D eigenvalue weighted by atomic mass is 19.1. The number of hydrogen-bond donors (Lipinski definition) is 1. The number of rotatable bonds is 3. The van der Waals surface area contributed by atoms with Crippen LogP contribution in [-0.2, 0) is 9.53 Å². The van der Waals surface area contributed by atoms with Crippen molar-refractivity contribution < 1.29 is 23.5 Å². The predicted molar refractivity (Wildman–Crippen MR) is 124 cm³/mol. The zero-order chi connectivity index (χ0) is 23.4. The summed E-state index contributed by atoms with van der Waals surface area (Å²) < 4.78 is 26.1. The number of fused-ring (bicyclic) bond motifs is 2. The Morgan fingerprint density at radius 2 is 1.94 bits per heavy atom. The second-order valence-corrected chi connectivity index (χ2v) is 9.42. The number of halogens is 1. The number of piperidine rings is 1. The van der Waals surface area contributed by atoms with Gasteiger partial charge in [0, 0.05) is 37.5 Å². The Morgan fingerprint density at radius 3 is 2.68 bits per heavy atom. The predicted octanol–water partition coefficient (Wildman–Crippen LogP) is 3.97. The molecule has 0 radical (unpaired) electrons. The molecule has 1 spiro atoms. The summed E-state index contributed by atoms with van der Waals surface area (Å²) in [6, 6.07) is 6.88. The summed E-state index contributed by atoms with van der Waals surface area (Å²) in [6.45, 7) is 2.20. The molecule has 2 fully saturated rings. The number of carbonyl (C=O) groups is 2. The van der Waals surface area contributed by atoms with Crippen LogP contribution in [0, 0.1) is 11.2 Å². The third-order valence-electron chi connectivity index (χ3n) is 7.40. The first kappa shape index (κ1) is 20.9. The van der Waals surface area contributed by atoms with E-state index in [0.717, 1.165) is 18.2 Å². The Bertz CT molecular complexity index is 1300. The van der Waals surface area contributed by atoms with Gasteiger partial charge >= 0.3 is 5.97 Å². The molecular weight excluding hydrogens is 439 g/mol. The van der Waals surface area contributed by atoms with Gasteiger partial charge in [0.2, 0.25) is 5.88 Å². The second-order valence-electron chi connectivity index (χ2n) is 9.42. The summed E-state index contributed by atoms with van der Waals surface area (Å²) in [5.74, 6) is -0.287. The molecule has 34 heavy (non-hydrogen) atoms. The lowest BCUT2D eigenvalue weighted by Crippen LogP contribution is -2.47. The Balaban J connectivity index is 1.41. The van der Waals surface area contributed by atoms with Crippen molar-refractivity contribution >= 4 is 39.8 Å². The molecule has 9 heteroatoms. The standard InChI is InChI=1S/C25H25FN4O4/c1-33-24(32)17-11-18(26)20(29-6-3-25(4-7-29)13-16(31)14-25)12-19(17)30-8-9-34-23-21(30)10-15-2-5-27-22(15)28-23/h2,5,10-12H,3-4,6-9,13-14H2,1H3,(H,27,28). The summed E-state index contributed by atoms with van der Waals surface area (Å²) in [4.78, 5) is 35.8. The Hall–Kier alpha value is -3.62. The minimum atomic E-state index is -0.602. The highest BCUT2D eigenvalue weighted by molar-refractivity contribution is 5.99. The van der Waals surface area contributed by atoms with Crippen LogP contribution in [0.4, 0.5) is 21.5 Å². The Kier molecular flexibility index (Phi) is 4.75. The SMILES string of the molecule is COC(=O)c1cc(F)c(N2CCC3(CC2)CC(=O)C3)cc1N1CCOc2nc3[nH]ccc3cc21. The molecule has 0 bridgehead atoms. The molecule has 0 atom stereocenters. The lowest BCUT2D eigenvalue weighted by Gasteiger charge is -2.47. The Morgan fingerprint density at radius 1 is 1.15 bits per heavy atom. The highest BCUT2D eigenvalue weighted by Gasteiger charge is 2.45. The number of pyridine rings is 1. The van der Waals surface area contributed by atoms with Crippen molar-refractivity contribution in [3.05, 3.63) is 41.8 Å². The van der Waals surface area contributed by atoms with Crippen molar-refractivity contribution in [2.75, 3.05) is 43.2 Å². The fraction of sp³-hybridized carbons (Fsp3) is 0.400. The van der Waals surface area contributed by atoms with Gasteiger partial charge in [-0.2, -0.15) is 4.98 Å². The molecule has 3 aromatic rings. The van der Waals surface area contributed by atoms with Gasteiger partial charge in [-0.05, 0) is 42.5 Å². The molecule has 176 valence electrons. The molecule has 2 aliphatic heterocycles. The number of Topliss-reactive ketones (excluding diaryl/α,β-unsaturated/α-hetero) is 1. The van der Waals surface area contributed by atoms with Gasteiger partial charge in [0.15, 0.2) is 0 Å². The van der Waals surface area contributed by atoms with Crippen molar-refractivity contribution in [3.63, 3.8) is 0 Å². The largest absolute Gasteiger partial charge is 0.474 e. The number of methoxy groups -OCH3 is 1. The molecule has 0 amide bonds. The fourth-order valence-corrected chi connectivity index (χ4v) is 5.51. The number of carbonyl (C=O) groups excluding carboxylic acids is 2. The average molecular weight is 464 g/mol. The number of nitrogens with one attached hydrogen (secondary N) is 1. The first-order valence-corrected chi connectivity index (χ1v) is 11.5. The monoisotopic (exact) mass is 464 g/mol. The number of H-pyrrole nitrogens is 1. The zero-order valence-corrected chi connectivity index (χ0v) is 18.9. The number of aromatic amines is 1. The lowest BCUT2D eigenvalue weighted by molar-refractivity contribution is -0.133. The molecule has 2 aromatic heterocycles. The number of nitrogens with zero attached hydrogens (tertiary/aromatic N) is 3. The lowest BCUT2D eigenvalue weighted by atomic mass is 9.62. The van der Waals surface area contributed by atoms with Gasteiger partial charge in [-0.1, -0.05) is 0 Å². The van der Waals surface area contributed by atoms with E-state index in [4.69, 9.17) is 9.47 Å². The van der Waals surface area contributed by atoms with Crippen LogP contribution in [0.1, 0.15) is 36.0 Å². The first-order chi connectivity index (χ1) is 16.5. The molecular formula is C25H25FN4O4. The maximum absolute atomic E-state index is 15.3. The van der Waals surface area contributed by atoms with Crippen LogP contribution in [0.25, 0.3) is 11.0 Å². The quantitative estimate of drug-likeness (QED) is 0.587. The number of anilines is 3. The van der Waals surface area contributed by atoms with Crippen molar-refractivity contribution in [1.29, 1.82) is 0 Å². The number of hydrogen-bond acceptors (Lipinski definition) is 7. The third-order valence-corrected chi connectivity index (χ3v) is 7.40. The number of benzene rings is 1. The van der Waals surface area contributed by atoms with Gasteiger partial charge < -0.3 is 24.3 Å². The van der Waals surface area contributed by atoms with E-state index in [2.05, 4.69) is 9.97 Å². The van der Waals surface area contributed by atoms with E-state index in [1.807, 2.05) is 28.1 Å². The van der Waals surface area contributed by atoms with Crippen LogP contribution >= 0.6 is 0 Å². The molecule has 1 saturated heterocycles. The van der Waals surface area contributed by atoms with Crippen LogP contribution < -0.4 is 14.5 Å². The van der Waals surface area contributed by atoms with E-state index in [-0.39, 0.29) is 11.0 Å².